The van der Waals surface area contributed by atoms with Crippen LogP contribution in [0.15, 0.2) is 6.07 Å². The van der Waals surface area contributed by atoms with E-state index in [1.165, 1.54) is 16.2 Å². The Morgan fingerprint density at radius 3 is 2.68 bits per heavy atom. The Hall–Kier alpha value is -1.89. The molecule has 0 aromatic carbocycles. The summed E-state index contributed by atoms with van der Waals surface area (Å²) in [6.07, 6.45) is 2.26. The Morgan fingerprint density at radius 2 is 2.09 bits per heavy atom. The maximum atomic E-state index is 12.2. The number of carbonyl (C=O) groups is 3. The minimum atomic E-state index is -0.593. The smallest absolute Gasteiger partial charge is 0.339 e. The molecule has 0 saturated carbocycles. The monoisotopic (exact) mass is 324 g/mol. The lowest BCUT2D eigenvalue weighted by molar-refractivity contribution is -0.143. The fourth-order valence-electron chi connectivity index (χ4n) is 2.65. The Balaban J connectivity index is 1.95. The van der Waals surface area contributed by atoms with Gasteiger partial charge in [-0.05, 0) is 39.2 Å². The average Bonchev–Trinajstić information content (AvgIpc) is 2.83. The topological polar surface area (TPSA) is 89.7 Å². The van der Waals surface area contributed by atoms with Crippen molar-refractivity contribution in [1.29, 1.82) is 0 Å². The number of nitrogens with two attached hydrogens (primary N) is 1. The molecule has 1 aliphatic heterocycles. The maximum Gasteiger partial charge on any atom is 0.339 e. The number of esters is 1. The van der Waals surface area contributed by atoms with E-state index in [4.69, 9.17) is 10.5 Å². The van der Waals surface area contributed by atoms with Gasteiger partial charge in [-0.2, -0.15) is 0 Å². The molecule has 1 aliphatic rings. The summed E-state index contributed by atoms with van der Waals surface area (Å²) in [5.41, 5.74) is 5.81. The molecule has 2 N–H and O–H groups in total. The quantitative estimate of drug-likeness (QED) is 0.848. The molecule has 120 valence electrons. The minimum absolute atomic E-state index is 0.364. The lowest BCUT2D eigenvalue weighted by atomic mass is 10.0. The first-order valence-corrected chi connectivity index (χ1v) is 8.04. The van der Waals surface area contributed by atoms with Crippen LogP contribution in [-0.2, 0) is 14.3 Å². The zero-order valence-electron chi connectivity index (χ0n) is 12.8. The normalized spacial score (nSPS) is 18.1. The third-order valence-electron chi connectivity index (χ3n) is 3.74. The van der Waals surface area contributed by atoms with Crippen molar-refractivity contribution in [3.05, 3.63) is 21.4 Å². The van der Waals surface area contributed by atoms with E-state index in [0.29, 0.717) is 18.5 Å². The number of nitrogens with zero attached hydrogens (tertiary/aromatic N) is 1. The van der Waals surface area contributed by atoms with Crippen LogP contribution in [0.25, 0.3) is 0 Å². The van der Waals surface area contributed by atoms with Crippen molar-refractivity contribution in [1.82, 2.24) is 4.90 Å². The first kappa shape index (κ1) is 16.5. The highest BCUT2D eigenvalue weighted by Gasteiger charge is 2.31. The summed E-state index contributed by atoms with van der Waals surface area (Å²) < 4.78 is 5.09. The van der Waals surface area contributed by atoms with Gasteiger partial charge in [0.05, 0.1) is 5.56 Å². The van der Waals surface area contributed by atoms with E-state index < -0.39 is 17.9 Å². The van der Waals surface area contributed by atoms with Crippen LogP contribution in [0.4, 0.5) is 0 Å². The van der Waals surface area contributed by atoms with E-state index in [1.807, 2.05) is 13.8 Å². The molecule has 0 radical (unpaired) electrons. The summed E-state index contributed by atoms with van der Waals surface area (Å²) in [6, 6.07) is 1.16. The lowest BCUT2D eigenvalue weighted by Crippen LogP contribution is -2.51. The van der Waals surface area contributed by atoms with E-state index in [2.05, 4.69) is 0 Å². The van der Waals surface area contributed by atoms with Crippen LogP contribution in [0, 0.1) is 13.8 Å². The molecule has 0 bridgehead atoms. The Morgan fingerprint density at radius 1 is 1.36 bits per heavy atom. The SMILES string of the molecule is Cc1cc(C(=O)OCC(=O)N2CCCC[C@@H]2C(N)=O)c(C)s1. The Kier molecular flexibility index (Phi) is 5.18. The van der Waals surface area contributed by atoms with Gasteiger partial charge >= 0.3 is 5.97 Å². The third-order valence-corrected chi connectivity index (χ3v) is 4.71. The summed E-state index contributed by atoms with van der Waals surface area (Å²) >= 11 is 1.51. The first-order valence-electron chi connectivity index (χ1n) is 7.23. The van der Waals surface area contributed by atoms with Gasteiger partial charge in [-0.15, -0.1) is 11.3 Å². The second kappa shape index (κ2) is 6.91. The molecule has 6 nitrogen and oxygen atoms in total. The summed E-state index contributed by atoms with van der Waals surface area (Å²) in [5, 5.41) is 0. The number of carbonyl (C=O) groups excluding carboxylic acids is 3. The van der Waals surface area contributed by atoms with Crippen molar-refractivity contribution in [3.8, 4) is 0 Å². The molecule has 0 unspecified atom stereocenters. The molecular weight excluding hydrogens is 304 g/mol. The number of thiophene rings is 1. The molecule has 0 spiro atoms. The van der Waals surface area contributed by atoms with Crippen LogP contribution in [0.1, 0.15) is 39.4 Å². The molecule has 1 saturated heterocycles. The standard InChI is InChI=1S/C15H20N2O4S/c1-9-7-11(10(2)22-9)15(20)21-8-13(18)17-6-4-3-5-12(17)14(16)19/h7,12H,3-6,8H2,1-2H3,(H2,16,19)/t12-/m1/s1. The zero-order chi connectivity index (χ0) is 16.3. The van der Waals surface area contributed by atoms with E-state index in [-0.39, 0.29) is 12.5 Å². The Bertz CT molecular complexity index is 596. The summed E-state index contributed by atoms with van der Waals surface area (Å²) in [5.74, 6) is -1.40. The highest BCUT2D eigenvalue weighted by Crippen LogP contribution is 2.21. The summed E-state index contributed by atoms with van der Waals surface area (Å²) in [6.45, 7) is 3.85. The average molecular weight is 324 g/mol. The second-order valence-electron chi connectivity index (χ2n) is 5.40. The van der Waals surface area contributed by atoms with Gasteiger partial charge in [0, 0.05) is 16.3 Å². The molecule has 1 fully saturated rings. The number of hydrogen-bond donors (Lipinski definition) is 1. The van der Waals surface area contributed by atoms with Crippen molar-refractivity contribution in [2.75, 3.05) is 13.2 Å². The molecule has 7 heteroatoms. The van der Waals surface area contributed by atoms with Crippen LogP contribution in [0.3, 0.4) is 0 Å². The van der Waals surface area contributed by atoms with Crippen molar-refractivity contribution < 1.29 is 19.1 Å². The van der Waals surface area contributed by atoms with E-state index in [0.717, 1.165) is 22.6 Å². The van der Waals surface area contributed by atoms with E-state index >= 15 is 0 Å². The fourth-order valence-corrected chi connectivity index (χ4v) is 3.56. The zero-order valence-corrected chi connectivity index (χ0v) is 13.6. The third kappa shape index (κ3) is 3.65. The minimum Gasteiger partial charge on any atom is -0.452 e. The van der Waals surface area contributed by atoms with Crippen molar-refractivity contribution in [2.24, 2.45) is 5.73 Å². The molecule has 1 atom stereocenters. The molecule has 2 amide bonds. The van der Waals surface area contributed by atoms with E-state index in [1.54, 1.807) is 6.07 Å². The van der Waals surface area contributed by atoms with Crippen LogP contribution >= 0.6 is 11.3 Å². The number of piperidine rings is 1. The first-order chi connectivity index (χ1) is 10.4. The summed E-state index contributed by atoms with van der Waals surface area (Å²) in [4.78, 5) is 38.9. The van der Waals surface area contributed by atoms with Crippen LogP contribution in [0.5, 0.6) is 0 Å². The number of primary amides is 1. The molecule has 1 aromatic rings. The van der Waals surface area contributed by atoms with Gasteiger partial charge in [-0.3, -0.25) is 9.59 Å². The molecule has 22 heavy (non-hydrogen) atoms. The van der Waals surface area contributed by atoms with Gasteiger partial charge in [-0.1, -0.05) is 0 Å². The number of hydrogen-bond acceptors (Lipinski definition) is 5. The number of amides is 2. The number of ether oxygens (including phenoxy) is 1. The second-order valence-corrected chi connectivity index (χ2v) is 6.86. The number of aryl methyl sites for hydroxylation is 2. The van der Waals surface area contributed by atoms with Crippen LogP contribution < -0.4 is 5.73 Å². The largest absolute Gasteiger partial charge is 0.452 e. The maximum absolute atomic E-state index is 12.2. The van der Waals surface area contributed by atoms with Crippen molar-refractivity contribution >= 4 is 29.1 Å². The lowest BCUT2D eigenvalue weighted by Gasteiger charge is -2.33. The number of likely N-dealkylation sites (tertiary alicyclic amines) is 1. The fraction of sp³-hybridized carbons (Fsp3) is 0.533. The molecule has 2 heterocycles. The predicted molar refractivity (Wildman–Crippen MR) is 82.6 cm³/mol. The van der Waals surface area contributed by atoms with Gasteiger partial charge < -0.3 is 15.4 Å². The van der Waals surface area contributed by atoms with Gasteiger partial charge in [0.15, 0.2) is 6.61 Å². The van der Waals surface area contributed by atoms with Gasteiger partial charge in [0.25, 0.3) is 5.91 Å². The Labute approximate surface area is 133 Å². The summed E-state index contributed by atoms with van der Waals surface area (Å²) in [7, 11) is 0. The molecule has 1 aromatic heterocycles. The van der Waals surface area contributed by atoms with Gasteiger partial charge in [0.2, 0.25) is 5.91 Å². The number of rotatable bonds is 4. The highest BCUT2D eigenvalue weighted by molar-refractivity contribution is 7.12. The molecule has 0 aliphatic carbocycles. The van der Waals surface area contributed by atoms with Gasteiger partial charge in [-0.25, -0.2) is 4.79 Å². The molecular formula is C15H20N2O4S. The van der Waals surface area contributed by atoms with Gasteiger partial charge in [0.1, 0.15) is 6.04 Å². The predicted octanol–water partition coefficient (Wildman–Crippen LogP) is 1.39. The van der Waals surface area contributed by atoms with Crippen LogP contribution in [-0.4, -0.2) is 41.9 Å². The highest BCUT2D eigenvalue weighted by atomic mass is 32.1. The van der Waals surface area contributed by atoms with Crippen molar-refractivity contribution in [2.45, 2.75) is 39.2 Å². The van der Waals surface area contributed by atoms with Crippen LogP contribution in [0.2, 0.25) is 0 Å². The van der Waals surface area contributed by atoms with Crippen molar-refractivity contribution in [3.63, 3.8) is 0 Å². The van der Waals surface area contributed by atoms with E-state index in [9.17, 15) is 14.4 Å². The molecule has 2 rings (SSSR count).